The van der Waals surface area contributed by atoms with Gasteiger partial charge in [0.05, 0.1) is 11.2 Å². The number of fused-ring (bicyclic) bond motifs is 2. The molecule has 3 aliphatic rings. The van der Waals surface area contributed by atoms with Crippen LogP contribution in [0.5, 0.6) is 0 Å². The van der Waals surface area contributed by atoms with Crippen LogP contribution in [-0.4, -0.2) is 38.8 Å². The first-order chi connectivity index (χ1) is 10.2. The molecule has 0 aromatic rings. The summed E-state index contributed by atoms with van der Waals surface area (Å²) in [7, 11) is -1.16. The summed E-state index contributed by atoms with van der Waals surface area (Å²) in [6.45, 7) is 8.02. The summed E-state index contributed by atoms with van der Waals surface area (Å²) in [4.78, 5) is 12.7. The van der Waals surface area contributed by atoms with Gasteiger partial charge in [0.1, 0.15) is 5.78 Å². The zero-order valence-corrected chi connectivity index (χ0v) is 14.9. The fourth-order valence-electron chi connectivity index (χ4n) is 3.88. The van der Waals surface area contributed by atoms with Crippen molar-refractivity contribution < 1.29 is 18.3 Å². The van der Waals surface area contributed by atoms with Crippen LogP contribution in [0.25, 0.3) is 0 Å². The van der Waals surface area contributed by atoms with Gasteiger partial charge < -0.3 is 9.31 Å². The highest BCUT2D eigenvalue weighted by atomic mass is 32.2. The first kappa shape index (κ1) is 16.7. The Morgan fingerprint density at radius 2 is 1.59 bits per heavy atom. The molecule has 0 N–H and O–H groups in total. The predicted octanol–water partition coefficient (Wildman–Crippen LogP) is 2.73. The van der Waals surface area contributed by atoms with Gasteiger partial charge in [0, 0.05) is 33.5 Å². The Kier molecular flexibility index (Phi) is 4.32. The number of carbonyl (C=O) groups excluding carboxylic acids is 1. The van der Waals surface area contributed by atoms with E-state index in [1.165, 1.54) is 6.42 Å². The number of ketones is 1. The van der Waals surface area contributed by atoms with Crippen molar-refractivity contribution in [3.63, 3.8) is 0 Å². The van der Waals surface area contributed by atoms with Crippen LogP contribution < -0.4 is 0 Å². The van der Waals surface area contributed by atoms with Crippen LogP contribution >= 0.6 is 0 Å². The van der Waals surface area contributed by atoms with E-state index < -0.39 is 17.9 Å². The number of hydrogen-bond acceptors (Lipinski definition) is 4. The molecule has 124 valence electrons. The lowest BCUT2D eigenvalue weighted by atomic mass is 9.75. The molecule has 2 unspecified atom stereocenters. The summed E-state index contributed by atoms with van der Waals surface area (Å²) < 4.78 is 24.1. The molecule has 0 amide bonds. The molecular weight excluding hydrogens is 299 g/mol. The molecule has 2 atom stereocenters. The van der Waals surface area contributed by atoms with Crippen molar-refractivity contribution in [1.82, 2.24) is 0 Å². The molecule has 3 saturated heterocycles. The molecular formula is C16H27BO4S. The van der Waals surface area contributed by atoms with Gasteiger partial charge in [0.25, 0.3) is 0 Å². The monoisotopic (exact) mass is 326 g/mol. The smallest absolute Gasteiger partial charge is 0.403 e. The number of rotatable bonds is 3. The molecule has 0 saturated carbocycles. The Labute approximate surface area is 136 Å². The molecule has 3 fully saturated rings. The van der Waals surface area contributed by atoms with Crippen LogP contribution in [0.3, 0.4) is 0 Å². The van der Waals surface area contributed by atoms with Gasteiger partial charge in [0.2, 0.25) is 0 Å². The van der Waals surface area contributed by atoms with Gasteiger partial charge in [-0.15, -0.1) is 0 Å². The Balaban J connectivity index is 1.61. The highest BCUT2D eigenvalue weighted by Crippen LogP contribution is 2.40. The second kappa shape index (κ2) is 5.71. The number of Topliss-reactive ketones (excluding diaryl/α,β-unsaturated/α-hetero) is 1. The van der Waals surface area contributed by atoms with Crippen molar-refractivity contribution >= 4 is 23.7 Å². The third-order valence-corrected chi connectivity index (χ3v) is 8.10. The van der Waals surface area contributed by atoms with Crippen LogP contribution in [-0.2, 0) is 24.9 Å². The molecule has 0 spiro atoms. The molecule has 2 bridgehead atoms. The van der Waals surface area contributed by atoms with E-state index in [0.29, 0.717) is 6.32 Å². The summed E-state index contributed by atoms with van der Waals surface area (Å²) >= 11 is 0. The SMILES string of the molecule is CC1(C)OB(CC(=O)C2CC3CCCC(C2)S3=O)OC1(C)C. The first-order valence-corrected chi connectivity index (χ1v) is 9.75. The van der Waals surface area contributed by atoms with Gasteiger partial charge in [-0.1, -0.05) is 6.42 Å². The fraction of sp³-hybridized carbons (Fsp3) is 0.938. The number of hydrogen-bond donors (Lipinski definition) is 0. The molecule has 22 heavy (non-hydrogen) atoms. The highest BCUT2D eigenvalue weighted by molar-refractivity contribution is 7.86. The maximum atomic E-state index is 12.7. The Morgan fingerprint density at radius 1 is 1.09 bits per heavy atom. The average Bonchev–Trinajstić information content (AvgIpc) is 2.56. The quantitative estimate of drug-likeness (QED) is 0.748. The van der Waals surface area contributed by atoms with E-state index in [4.69, 9.17) is 9.31 Å². The normalized spacial score (nSPS) is 39.7. The van der Waals surface area contributed by atoms with E-state index in [-0.39, 0.29) is 33.4 Å². The molecule has 3 rings (SSSR count). The van der Waals surface area contributed by atoms with E-state index >= 15 is 0 Å². The number of carbonyl (C=O) groups is 1. The largest absolute Gasteiger partial charge is 0.465 e. The van der Waals surface area contributed by atoms with E-state index in [0.717, 1.165) is 25.7 Å². The van der Waals surface area contributed by atoms with Gasteiger partial charge >= 0.3 is 7.12 Å². The third-order valence-electron chi connectivity index (χ3n) is 5.93. The Bertz CT molecular complexity index is 459. The maximum Gasteiger partial charge on any atom is 0.465 e. The van der Waals surface area contributed by atoms with Crippen molar-refractivity contribution in [2.24, 2.45) is 5.92 Å². The Hall–Kier alpha value is -0.195. The van der Waals surface area contributed by atoms with Gasteiger partial charge in [-0.2, -0.15) is 0 Å². The molecule has 0 aliphatic carbocycles. The van der Waals surface area contributed by atoms with Gasteiger partial charge in [-0.25, -0.2) is 0 Å². The fourth-order valence-corrected chi connectivity index (χ4v) is 6.06. The lowest BCUT2D eigenvalue weighted by Gasteiger charge is -2.37. The maximum absolute atomic E-state index is 12.7. The molecule has 0 radical (unpaired) electrons. The first-order valence-electron chi connectivity index (χ1n) is 8.47. The molecule has 4 nitrogen and oxygen atoms in total. The zero-order chi connectivity index (χ0) is 16.1. The van der Waals surface area contributed by atoms with Crippen molar-refractivity contribution in [3.05, 3.63) is 0 Å². The summed E-state index contributed by atoms with van der Waals surface area (Å²) in [5, 5.41) is 0.472. The van der Waals surface area contributed by atoms with E-state index in [9.17, 15) is 9.00 Å². The second-order valence-corrected chi connectivity index (χ2v) is 10.0. The minimum atomic E-state index is -0.717. The zero-order valence-electron chi connectivity index (χ0n) is 14.1. The van der Waals surface area contributed by atoms with Crippen LogP contribution in [0.4, 0.5) is 0 Å². The van der Waals surface area contributed by atoms with Crippen LogP contribution in [0, 0.1) is 5.92 Å². The van der Waals surface area contributed by atoms with Crippen molar-refractivity contribution in [2.45, 2.75) is 87.8 Å². The van der Waals surface area contributed by atoms with Crippen molar-refractivity contribution in [3.8, 4) is 0 Å². The molecule has 6 heteroatoms. The molecule has 0 aromatic carbocycles. The average molecular weight is 326 g/mol. The predicted molar refractivity (Wildman–Crippen MR) is 88.2 cm³/mol. The third kappa shape index (κ3) is 2.94. The van der Waals surface area contributed by atoms with Crippen LogP contribution in [0.2, 0.25) is 6.32 Å². The molecule has 3 heterocycles. The van der Waals surface area contributed by atoms with Gasteiger partial charge in [-0.05, 0) is 53.4 Å². The Morgan fingerprint density at radius 3 is 2.09 bits per heavy atom. The van der Waals surface area contributed by atoms with Crippen LogP contribution in [0.1, 0.15) is 59.8 Å². The second-order valence-electron chi connectivity index (χ2n) is 8.03. The molecule has 0 aromatic heterocycles. The minimum absolute atomic E-state index is 0.0482. The van der Waals surface area contributed by atoms with Crippen LogP contribution in [0.15, 0.2) is 0 Å². The van der Waals surface area contributed by atoms with Crippen molar-refractivity contribution in [2.75, 3.05) is 0 Å². The van der Waals surface area contributed by atoms with E-state index in [1.54, 1.807) is 0 Å². The standard InChI is InChI=1S/C16H27BO4S/c1-15(2)16(3,4)21-17(20-15)10-14(18)11-8-12-6-5-7-13(9-11)22(12)19/h11-13H,5-10H2,1-4H3. The van der Waals surface area contributed by atoms with Gasteiger partial charge in [-0.3, -0.25) is 9.00 Å². The van der Waals surface area contributed by atoms with Crippen molar-refractivity contribution in [1.29, 1.82) is 0 Å². The summed E-state index contributed by atoms with van der Waals surface area (Å²) in [5.41, 5.74) is -0.773. The summed E-state index contributed by atoms with van der Waals surface area (Å²) in [6.07, 6.45) is 5.11. The van der Waals surface area contributed by atoms with E-state index in [2.05, 4.69) is 0 Å². The summed E-state index contributed by atoms with van der Waals surface area (Å²) in [6, 6.07) is 0. The lowest BCUT2D eigenvalue weighted by Crippen LogP contribution is -2.42. The topological polar surface area (TPSA) is 52.6 Å². The lowest BCUT2D eigenvalue weighted by molar-refractivity contribution is -0.121. The highest BCUT2D eigenvalue weighted by Gasteiger charge is 2.52. The summed E-state index contributed by atoms with van der Waals surface area (Å²) in [5.74, 6) is 0.277. The van der Waals surface area contributed by atoms with Gasteiger partial charge in [0.15, 0.2) is 0 Å². The molecule has 3 aliphatic heterocycles. The minimum Gasteiger partial charge on any atom is -0.403 e. The van der Waals surface area contributed by atoms with E-state index in [1.807, 2.05) is 27.7 Å².